The predicted octanol–water partition coefficient (Wildman–Crippen LogP) is 2.51. The van der Waals surface area contributed by atoms with Crippen molar-refractivity contribution in [3.63, 3.8) is 0 Å². The average molecular weight is 298 g/mol. The highest BCUT2D eigenvalue weighted by Crippen LogP contribution is 2.38. The summed E-state index contributed by atoms with van der Waals surface area (Å²) in [6.45, 7) is 1.16. The lowest BCUT2D eigenvalue weighted by Gasteiger charge is -2.19. The zero-order valence-corrected chi connectivity index (χ0v) is 11.4. The molecule has 2 fully saturated rings. The Hall–Kier alpha value is -1.56. The van der Waals surface area contributed by atoms with Gasteiger partial charge in [0.05, 0.1) is 5.56 Å². The van der Waals surface area contributed by atoms with Crippen LogP contribution in [0.2, 0.25) is 0 Å². The van der Waals surface area contributed by atoms with Gasteiger partial charge in [0.1, 0.15) is 0 Å². The van der Waals surface area contributed by atoms with Gasteiger partial charge in [-0.1, -0.05) is 6.07 Å². The minimum atomic E-state index is -4.43. The third-order valence-electron chi connectivity index (χ3n) is 4.64. The first-order chi connectivity index (χ1) is 9.86. The van der Waals surface area contributed by atoms with Crippen LogP contribution in [0.5, 0.6) is 0 Å². The number of amides is 1. The van der Waals surface area contributed by atoms with Gasteiger partial charge in [-0.2, -0.15) is 13.2 Å². The molecule has 3 atom stereocenters. The third kappa shape index (κ3) is 2.64. The van der Waals surface area contributed by atoms with E-state index in [1.54, 1.807) is 4.90 Å². The van der Waals surface area contributed by atoms with Gasteiger partial charge in [0.15, 0.2) is 0 Å². The quantitative estimate of drug-likeness (QED) is 0.866. The van der Waals surface area contributed by atoms with Crippen LogP contribution in [0.15, 0.2) is 24.3 Å². The van der Waals surface area contributed by atoms with Crippen LogP contribution < -0.4 is 5.73 Å². The fourth-order valence-electron chi connectivity index (χ4n) is 3.48. The maximum Gasteiger partial charge on any atom is 0.416 e. The maximum atomic E-state index is 12.7. The largest absolute Gasteiger partial charge is 0.416 e. The second-order valence-electron chi connectivity index (χ2n) is 5.95. The summed E-state index contributed by atoms with van der Waals surface area (Å²) < 4.78 is 38.1. The molecule has 2 aliphatic rings. The van der Waals surface area contributed by atoms with Crippen molar-refractivity contribution in [2.75, 3.05) is 13.1 Å². The number of rotatable bonds is 1. The number of nitrogens with two attached hydrogens (primary N) is 1. The number of fused-ring (bicyclic) bond motifs is 1. The number of halogens is 3. The van der Waals surface area contributed by atoms with Crippen molar-refractivity contribution in [3.8, 4) is 0 Å². The van der Waals surface area contributed by atoms with E-state index in [4.69, 9.17) is 5.73 Å². The Morgan fingerprint density at radius 2 is 2.00 bits per heavy atom. The summed E-state index contributed by atoms with van der Waals surface area (Å²) in [5.41, 5.74) is 5.32. The van der Waals surface area contributed by atoms with E-state index in [1.165, 1.54) is 12.1 Å². The monoisotopic (exact) mass is 298 g/mol. The molecule has 114 valence electrons. The molecule has 1 aromatic rings. The van der Waals surface area contributed by atoms with Gasteiger partial charge in [-0.25, -0.2) is 0 Å². The molecule has 0 spiro atoms. The van der Waals surface area contributed by atoms with Gasteiger partial charge >= 0.3 is 6.18 Å². The smallest absolute Gasteiger partial charge is 0.338 e. The van der Waals surface area contributed by atoms with Crippen LogP contribution in [-0.2, 0) is 6.18 Å². The minimum absolute atomic E-state index is 0.0957. The van der Waals surface area contributed by atoms with E-state index >= 15 is 0 Å². The molecule has 1 aromatic carbocycles. The lowest BCUT2D eigenvalue weighted by atomic mass is 9.98. The van der Waals surface area contributed by atoms with Gasteiger partial charge in [0.25, 0.3) is 5.91 Å². The van der Waals surface area contributed by atoms with Gasteiger partial charge in [-0.3, -0.25) is 4.79 Å². The van der Waals surface area contributed by atoms with Crippen LogP contribution in [0.1, 0.15) is 28.8 Å². The van der Waals surface area contributed by atoms with Gasteiger partial charge in [0, 0.05) is 24.7 Å². The number of carbonyl (C=O) groups excluding carboxylic acids is 1. The normalized spacial score (nSPS) is 28.8. The molecule has 1 aliphatic carbocycles. The van der Waals surface area contributed by atoms with Crippen molar-refractivity contribution >= 4 is 5.91 Å². The molecule has 3 unspecified atom stereocenters. The van der Waals surface area contributed by atoms with Crippen molar-refractivity contribution in [3.05, 3.63) is 35.4 Å². The number of hydrogen-bond donors (Lipinski definition) is 1. The van der Waals surface area contributed by atoms with E-state index in [-0.39, 0.29) is 17.5 Å². The van der Waals surface area contributed by atoms with Gasteiger partial charge in [-0.15, -0.1) is 0 Å². The van der Waals surface area contributed by atoms with E-state index < -0.39 is 11.7 Å². The molecule has 1 saturated heterocycles. The Bertz CT molecular complexity index is 558. The molecule has 1 aliphatic heterocycles. The topological polar surface area (TPSA) is 46.3 Å². The second kappa shape index (κ2) is 5.02. The van der Waals surface area contributed by atoms with Crippen LogP contribution in [-0.4, -0.2) is 29.9 Å². The molecule has 1 amide bonds. The summed E-state index contributed by atoms with van der Waals surface area (Å²) >= 11 is 0. The Kier molecular flexibility index (Phi) is 3.43. The van der Waals surface area contributed by atoms with Crippen molar-refractivity contribution < 1.29 is 18.0 Å². The van der Waals surface area contributed by atoms with Crippen molar-refractivity contribution in [2.45, 2.75) is 25.1 Å². The fourth-order valence-corrected chi connectivity index (χ4v) is 3.48. The maximum absolute atomic E-state index is 12.7. The molecule has 0 aromatic heterocycles. The highest BCUT2D eigenvalue weighted by atomic mass is 19.4. The standard InChI is InChI=1S/C15H17F3N2O/c16-15(17,18)11-3-1-2-9(6-11)14(21)20-7-10-4-5-13(19)12(10)8-20/h1-3,6,10,12-13H,4-5,7-8,19H2. The van der Waals surface area contributed by atoms with Crippen molar-refractivity contribution in [1.82, 2.24) is 4.90 Å². The Balaban J connectivity index is 1.78. The molecular weight excluding hydrogens is 281 g/mol. The number of nitrogens with zero attached hydrogens (tertiary/aromatic N) is 1. The summed E-state index contributed by atoms with van der Waals surface area (Å²) in [7, 11) is 0. The van der Waals surface area contributed by atoms with Crippen LogP contribution in [0, 0.1) is 11.8 Å². The Labute approximate surface area is 120 Å². The summed E-state index contributed by atoms with van der Waals surface area (Å²) in [5.74, 6) is 0.359. The lowest BCUT2D eigenvalue weighted by Crippen LogP contribution is -2.33. The molecule has 1 saturated carbocycles. The summed E-state index contributed by atoms with van der Waals surface area (Å²) in [6.07, 6.45) is -2.46. The molecule has 2 N–H and O–H groups in total. The predicted molar refractivity (Wildman–Crippen MR) is 71.5 cm³/mol. The molecule has 3 nitrogen and oxygen atoms in total. The molecule has 3 rings (SSSR count). The lowest BCUT2D eigenvalue weighted by molar-refractivity contribution is -0.137. The molecule has 0 radical (unpaired) electrons. The molecule has 6 heteroatoms. The van der Waals surface area contributed by atoms with E-state index in [2.05, 4.69) is 0 Å². The second-order valence-corrected chi connectivity index (χ2v) is 5.95. The van der Waals surface area contributed by atoms with Crippen molar-refractivity contribution in [2.24, 2.45) is 17.6 Å². The SMILES string of the molecule is NC1CCC2CN(C(=O)c3cccc(C(F)(F)F)c3)CC12. The number of likely N-dealkylation sites (tertiary alicyclic amines) is 1. The minimum Gasteiger partial charge on any atom is -0.338 e. The molecular formula is C15H17F3N2O. The van der Waals surface area contributed by atoms with Crippen LogP contribution in [0.3, 0.4) is 0 Å². The molecule has 0 bridgehead atoms. The van der Waals surface area contributed by atoms with Crippen LogP contribution in [0.25, 0.3) is 0 Å². The van der Waals surface area contributed by atoms with Gasteiger partial charge < -0.3 is 10.6 Å². The summed E-state index contributed by atoms with van der Waals surface area (Å²) in [6, 6.07) is 4.72. The van der Waals surface area contributed by atoms with Crippen LogP contribution in [0.4, 0.5) is 13.2 Å². The Morgan fingerprint density at radius 1 is 1.24 bits per heavy atom. The molecule has 21 heavy (non-hydrogen) atoms. The summed E-state index contributed by atoms with van der Waals surface area (Å²) in [4.78, 5) is 14.0. The average Bonchev–Trinajstić information content (AvgIpc) is 3.00. The number of carbonyl (C=O) groups is 1. The van der Waals surface area contributed by atoms with E-state index in [1.807, 2.05) is 0 Å². The third-order valence-corrected chi connectivity index (χ3v) is 4.64. The summed E-state index contributed by atoms with van der Waals surface area (Å²) in [5, 5.41) is 0. The fraction of sp³-hybridized carbons (Fsp3) is 0.533. The van der Waals surface area contributed by atoms with Crippen LogP contribution >= 0.6 is 0 Å². The first-order valence-corrected chi connectivity index (χ1v) is 7.08. The molecule has 1 heterocycles. The van der Waals surface area contributed by atoms with Gasteiger partial charge in [0.2, 0.25) is 0 Å². The number of alkyl halides is 3. The Morgan fingerprint density at radius 3 is 2.67 bits per heavy atom. The van der Waals surface area contributed by atoms with Crippen molar-refractivity contribution in [1.29, 1.82) is 0 Å². The number of benzene rings is 1. The highest BCUT2D eigenvalue weighted by molar-refractivity contribution is 5.94. The zero-order valence-electron chi connectivity index (χ0n) is 11.4. The first-order valence-electron chi connectivity index (χ1n) is 7.08. The number of hydrogen-bond acceptors (Lipinski definition) is 2. The van der Waals surface area contributed by atoms with Gasteiger partial charge in [-0.05, 0) is 42.9 Å². The first kappa shape index (κ1) is 14.4. The highest BCUT2D eigenvalue weighted by Gasteiger charge is 2.42. The van der Waals surface area contributed by atoms with E-state index in [0.29, 0.717) is 24.9 Å². The van der Waals surface area contributed by atoms with E-state index in [9.17, 15) is 18.0 Å². The zero-order chi connectivity index (χ0) is 15.2. The van der Waals surface area contributed by atoms with E-state index in [0.717, 1.165) is 25.0 Å².